The molecule has 1 saturated heterocycles. The van der Waals surface area contributed by atoms with Crippen LogP contribution in [0.25, 0.3) is 22.3 Å². The molecule has 0 bridgehead atoms. The van der Waals surface area contributed by atoms with Crippen molar-refractivity contribution < 1.29 is 22.4 Å². The highest BCUT2D eigenvalue weighted by atomic mass is 19.4. The number of amides is 1. The van der Waals surface area contributed by atoms with Gasteiger partial charge in [0.15, 0.2) is 0 Å². The molecule has 0 spiro atoms. The Kier molecular flexibility index (Phi) is 4.17. The summed E-state index contributed by atoms with van der Waals surface area (Å²) < 4.78 is 54.5. The summed E-state index contributed by atoms with van der Waals surface area (Å²) >= 11 is 0. The van der Waals surface area contributed by atoms with E-state index in [9.17, 15) is 22.4 Å². The molecule has 3 aromatic rings. The number of nitrogens with zero attached hydrogens (tertiary/aromatic N) is 4. The van der Waals surface area contributed by atoms with E-state index in [1.807, 2.05) is 0 Å². The Morgan fingerprint density at radius 1 is 1.25 bits per heavy atom. The first-order valence-electron chi connectivity index (χ1n) is 8.41. The second kappa shape index (κ2) is 6.43. The Bertz CT molecular complexity index is 1080. The van der Waals surface area contributed by atoms with Crippen molar-refractivity contribution in [1.82, 2.24) is 19.7 Å². The summed E-state index contributed by atoms with van der Waals surface area (Å²) in [6.45, 7) is 4.26. The molecule has 0 N–H and O–H groups in total. The first-order chi connectivity index (χ1) is 13.3. The fraction of sp³-hybridized carbons (Fsp3) is 0.211. The first kappa shape index (κ1) is 18.1. The van der Waals surface area contributed by atoms with Crippen LogP contribution in [0.15, 0.2) is 49.2 Å². The van der Waals surface area contributed by atoms with E-state index in [4.69, 9.17) is 0 Å². The fourth-order valence-corrected chi connectivity index (χ4v) is 3.24. The number of aromatic nitrogens is 3. The summed E-state index contributed by atoms with van der Waals surface area (Å²) in [5, 5.41) is 4.42. The van der Waals surface area contributed by atoms with Crippen LogP contribution < -0.4 is 0 Å². The van der Waals surface area contributed by atoms with Gasteiger partial charge < -0.3 is 4.90 Å². The van der Waals surface area contributed by atoms with Gasteiger partial charge >= 0.3 is 6.18 Å². The molecule has 1 amide bonds. The minimum Gasteiger partial charge on any atom is -0.335 e. The molecule has 0 saturated carbocycles. The summed E-state index contributed by atoms with van der Waals surface area (Å²) in [4.78, 5) is 17.5. The highest BCUT2D eigenvalue weighted by molar-refractivity contribution is 5.90. The maximum absolute atomic E-state index is 14.5. The monoisotopic (exact) mass is 390 g/mol. The number of rotatable bonds is 3. The SMILES string of the molecule is C=CC(=O)N1CC(n2nc(-c3ccc(C(F)(F)F)cc3F)c3ncccc32)C1. The van der Waals surface area contributed by atoms with Crippen LogP contribution in [-0.2, 0) is 11.0 Å². The molecule has 3 heterocycles. The average Bonchev–Trinajstić information content (AvgIpc) is 2.99. The van der Waals surface area contributed by atoms with E-state index < -0.39 is 17.6 Å². The molecule has 0 radical (unpaired) electrons. The number of benzene rings is 1. The molecule has 0 aliphatic carbocycles. The summed E-state index contributed by atoms with van der Waals surface area (Å²) in [5.41, 5.74) is 0.0364. The van der Waals surface area contributed by atoms with Crippen molar-refractivity contribution in [3.8, 4) is 11.3 Å². The second-order valence-electron chi connectivity index (χ2n) is 6.46. The Balaban J connectivity index is 1.76. The number of hydrogen-bond acceptors (Lipinski definition) is 3. The van der Waals surface area contributed by atoms with Crippen LogP contribution in [0.4, 0.5) is 17.6 Å². The third-order valence-electron chi connectivity index (χ3n) is 4.71. The van der Waals surface area contributed by atoms with E-state index >= 15 is 0 Å². The normalized spacial score (nSPS) is 14.9. The molecule has 0 unspecified atom stereocenters. The lowest BCUT2D eigenvalue weighted by atomic mass is 10.1. The molecule has 1 aromatic carbocycles. The van der Waals surface area contributed by atoms with Gasteiger partial charge in [0.05, 0.1) is 17.1 Å². The maximum atomic E-state index is 14.5. The van der Waals surface area contributed by atoms with Gasteiger partial charge in [0.1, 0.15) is 17.0 Å². The Hall–Kier alpha value is -3.23. The Morgan fingerprint density at radius 3 is 2.64 bits per heavy atom. The van der Waals surface area contributed by atoms with Gasteiger partial charge in [-0.1, -0.05) is 6.58 Å². The second-order valence-corrected chi connectivity index (χ2v) is 6.46. The zero-order valence-corrected chi connectivity index (χ0v) is 14.4. The van der Waals surface area contributed by atoms with Crippen molar-refractivity contribution in [2.24, 2.45) is 0 Å². The minimum absolute atomic E-state index is 0.0613. The highest BCUT2D eigenvalue weighted by Crippen LogP contribution is 2.35. The van der Waals surface area contributed by atoms with Crippen molar-refractivity contribution >= 4 is 16.9 Å². The van der Waals surface area contributed by atoms with E-state index in [-0.39, 0.29) is 23.2 Å². The van der Waals surface area contributed by atoms with Crippen molar-refractivity contribution in [3.63, 3.8) is 0 Å². The average molecular weight is 390 g/mol. The van der Waals surface area contributed by atoms with Gasteiger partial charge in [-0.3, -0.25) is 14.5 Å². The Labute approximate surface area is 156 Å². The number of likely N-dealkylation sites (tertiary alicyclic amines) is 1. The molecule has 4 rings (SSSR count). The number of carbonyl (C=O) groups excluding carboxylic acids is 1. The first-order valence-corrected chi connectivity index (χ1v) is 8.41. The van der Waals surface area contributed by atoms with Crippen LogP contribution in [0.3, 0.4) is 0 Å². The van der Waals surface area contributed by atoms with Crippen molar-refractivity contribution in [3.05, 3.63) is 60.6 Å². The van der Waals surface area contributed by atoms with E-state index in [0.717, 1.165) is 12.1 Å². The number of fused-ring (bicyclic) bond motifs is 1. The number of halogens is 4. The predicted octanol–water partition coefficient (Wildman–Crippen LogP) is 3.83. The number of alkyl halides is 3. The highest BCUT2D eigenvalue weighted by Gasteiger charge is 2.34. The topological polar surface area (TPSA) is 51.0 Å². The third kappa shape index (κ3) is 2.92. The van der Waals surface area contributed by atoms with Gasteiger partial charge in [0, 0.05) is 24.8 Å². The molecule has 2 aromatic heterocycles. The van der Waals surface area contributed by atoms with Crippen LogP contribution in [0, 0.1) is 5.82 Å². The molecule has 9 heteroatoms. The van der Waals surface area contributed by atoms with Gasteiger partial charge in [-0.25, -0.2) is 4.39 Å². The largest absolute Gasteiger partial charge is 0.416 e. The minimum atomic E-state index is -4.63. The van der Waals surface area contributed by atoms with Crippen LogP contribution in [0.2, 0.25) is 0 Å². The molecule has 1 fully saturated rings. The van der Waals surface area contributed by atoms with Crippen LogP contribution in [0.5, 0.6) is 0 Å². The third-order valence-corrected chi connectivity index (χ3v) is 4.71. The zero-order valence-electron chi connectivity index (χ0n) is 14.4. The van der Waals surface area contributed by atoms with Crippen LogP contribution in [0.1, 0.15) is 11.6 Å². The van der Waals surface area contributed by atoms with E-state index in [1.165, 1.54) is 12.3 Å². The Morgan fingerprint density at radius 2 is 2.00 bits per heavy atom. The van der Waals surface area contributed by atoms with Crippen molar-refractivity contribution in [2.45, 2.75) is 12.2 Å². The van der Waals surface area contributed by atoms with Gasteiger partial charge in [-0.2, -0.15) is 18.3 Å². The van der Waals surface area contributed by atoms with Crippen LogP contribution >= 0.6 is 0 Å². The number of carbonyl (C=O) groups is 1. The summed E-state index contributed by atoms with van der Waals surface area (Å²) in [6.07, 6.45) is -1.90. The molecule has 5 nitrogen and oxygen atoms in total. The van der Waals surface area contributed by atoms with Gasteiger partial charge in [0.2, 0.25) is 5.91 Å². The molecule has 144 valence electrons. The quantitative estimate of drug-likeness (QED) is 0.505. The lowest BCUT2D eigenvalue weighted by Crippen LogP contribution is -2.50. The number of pyridine rings is 1. The predicted molar refractivity (Wildman–Crippen MR) is 93.7 cm³/mol. The lowest BCUT2D eigenvalue weighted by molar-refractivity contribution is -0.137. The molecule has 28 heavy (non-hydrogen) atoms. The fourth-order valence-electron chi connectivity index (χ4n) is 3.24. The smallest absolute Gasteiger partial charge is 0.335 e. The number of hydrogen-bond donors (Lipinski definition) is 0. The summed E-state index contributed by atoms with van der Waals surface area (Å²) in [5.74, 6) is -1.22. The zero-order chi connectivity index (χ0) is 20.1. The molecule has 0 atom stereocenters. The lowest BCUT2D eigenvalue weighted by Gasteiger charge is -2.38. The van der Waals surface area contributed by atoms with E-state index in [2.05, 4.69) is 16.7 Å². The van der Waals surface area contributed by atoms with E-state index in [1.54, 1.807) is 21.7 Å². The van der Waals surface area contributed by atoms with Crippen molar-refractivity contribution in [2.75, 3.05) is 13.1 Å². The van der Waals surface area contributed by atoms with Gasteiger partial charge in [-0.15, -0.1) is 0 Å². The maximum Gasteiger partial charge on any atom is 0.416 e. The molecular formula is C19H14F4N4O. The molecule has 1 aliphatic heterocycles. The summed E-state index contributed by atoms with van der Waals surface area (Å²) in [6, 6.07) is 5.64. The summed E-state index contributed by atoms with van der Waals surface area (Å²) in [7, 11) is 0. The standard InChI is InChI=1S/C19H14F4N4O/c1-2-16(28)26-9-12(10-26)27-15-4-3-7-24-18(15)17(25-27)13-6-5-11(8-14(13)20)19(21,22)23/h2-8,12H,1,9-10H2. The van der Waals surface area contributed by atoms with Crippen LogP contribution in [-0.4, -0.2) is 38.7 Å². The van der Waals surface area contributed by atoms with Gasteiger partial charge in [-0.05, 0) is 36.4 Å². The molecule has 1 aliphatic rings. The molecular weight excluding hydrogens is 376 g/mol. The van der Waals surface area contributed by atoms with E-state index in [0.29, 0.717) is 30.2 Å². The van der Waals surface area contributed by atoms with Gasteiger partial charge in [0.25, 0.3) is 0 Å². The van der Waals surface area contributed by atoms with Crippen molar-refractivity contribution in [1.29, 1.82) is 0 Å².